The van der Waals surface area contributed by atoms with Gasteiger partial charge in [0.2, 0.25) is 11.8 Å². The average Bonchev–Trinajstić information content (AvgIpc) is 3.80. The number of amides is 2. The first kappa shape index (κ1) is 36.4. The number of hydrogen-bond donors (Lipinski definition) is 4. The van der Waals surface area contributed by atoms with E-state index in [1.54, 1.807) is 24.5 Å². The molecule has 12 nitrogen and oxygen atoms in total. The molecule has 2 aromatic carbocycles. The van der Waals surface area contributed by atoms with Crippen molar-refractivity contribution in [3.63, 3.8) is 0 Å². The van der Waals surface area contributed by atoms with Crippen molar-refractivity contribution >= 4 is 40.8 Å². The molecule has 3 aromatic heterocycles. The lowest BCUT2D eigenvalue weighted by Gasteiger charge is -2.23. The van der Waals surface area contributed by atoms with Crippen molar-refractivity contribution in [2.45, 2.75) is 38.4 Å². The number of pyridine rings is 2. The minimum atomic E-state index is -1.11. The van der Waals surface area contributed by atoms with Crippen molar-refractivity contribution in [1.82, 2.24) is 29.9 Å². The molecular weight excluding hydrogens is 719 g/mol. The van der Waals surface area contributed by atoms with Gasteiger partial charge in [0.1, 0.15) is 5.65 Å². The van der Waals surface area contributed by atoms with Crippen LogP contribution in [0.5, 0.6) is 5.88 Å². The quantitative estimate of drug-likeness (QED) is 0.115. The molecule has 1 aliphatic heterocycles. The fraction of sp³-hybridized carbons (Fsp3) is 0.308. The van der Waals surface area contributed by atoms with Crippen molar-refractivity contribution in [1.29, 1.82) is 0 Å². The predicted octanol–water partition coefficient (Wildman–Crippen LogP) is 5.88. The molecule has 53 heavy (non-hydrogen) atoms. The second-order valence-electron chi connectivity index (χ2n) is 13.5. The van der Waals surface area contributed by atoms with Crippen molar-refractivity contribution in [2.24, 2.45) is 11.8 Å². The normalized spacial score (nSPS) is 17.9. The van der Waals surface area contributed by atoms with Crippen molar-refractivity contribution in [3.8, 4) is 39.4 Å². The summed E-state index contributed by atoms with van der Waals surface area (Å²) in [5.74, 6) is 0.979. The number of carbonyl (C=O) groups excluding carboxylic acids is 1. The fourth-order valence-corrected chi connectivity index (χ4v) is 7.55. The Kier molecular flexibility index (Phi) is 10.7. The van der Waals surface area contributed by atoms with Gasteiger partial charge in [-0.3, -0.25) is 14.0 Å². The Bertz CT molecular complexity index is 2260. The number of nitrogens with zero attached hydrogens (tertiary/aromatic N) is 4. The molecule has 0 unspecified atom stereocenters. The molecule has 1 saturated heterocycles. The third-order valence-corrected chi connectivity index (χ3v) is 10.8. The van der Waals surface area contributed by atoms with Gasteiger partial charge in [0.15, 0.2) is 0 Å². The van der Waals surface area contributed by atoms with Gasteiger partial charge in [0.05, 0.1) is 29.4 Å². The van der Waals surface area contributed by atoms with E-state index in [1.165, 1.54) is 16.4 Å². The highest BCUT2D eigenvalue weighted by Gasteiger charge is 2.35. The van der Waals surface area contributed by atoms with E-state index < -0.39 is 6.09 Å². The Hall–Kier alpha value is -5.01. The van der Waals surface area contributed by atoms with Crippen LogP contribution < -0.4 is 20.9 Å². The van der Waals surface area contributed by atoms with E-state index in [0.29, 0.717) is 80.4 Å². The molecule has 4 N–H and O–H groups in total. The lowest BCUT2D eigenvalue weighted by molar-refractivity contribution is -0.119. The first-order valence-electron chi connectivity index (χ1n) is 17.4. The summed E-state index contributed by atoms with van der Waals surface area (Å²) in [6.45, 7) is 1.53. The summed E-state index contributed by atoms with van der Waals surface area (Å²) in [6, 6.07) is 18.2. The molecule has 0 bridgehead atoms. The maximum atomic E-state index is 13.2. The van der Waals surface area contributed by atoms with E-state index in [2.05, 4.69) is 15.6 Å². The summed E-state index contributed by atoms with van der Waals surface area (Å²) in [5.41, 5.74) is 5.51. The number of methoxy groups -OCH3 is 1. The smallest absolute Gasteiger partial charge is 0.407 e. The van der Waals surface area contributed by atoms with Gasteiger partial charge in [-0.1, -0.05) is 59.6 Å². The van der Waals surface area contributed by atoms with Crippen LogP contribution in [0.15, 0.2) is 77.9 Å². The predicted molar refractivity (Wildman–Crippen MR) is 202 cm³/mol. The lowest BCUT2D eigenvalue weighted by Crippen LogP contribution is -2.41. The number of aromatic nitrogens is 3. The highest BCUT2D eigenvalue weighted by Crippen LogP contribution is 2.42. The molecule has 5 aromatic rings. The number of ether oxygens (including phenoxy) is 1. The lowest BCUT2D eigenvalue weighted by atomic mass is 9.97. The molecule has 3 atom stereocenters. The molecule has 14 heteroatoms. The van der Waals surface area contributed by atoms with Crippen molar-refractivity contribution < 1.29 is 24.5 Å². The Morgan fingerprint density at radius 2 is 1.75 bits per heavy atom. The number of benzene rings is 2. The SMILES string of the molecule is COc1nc(-c2cccc(-c3cccc(-c4ccn5c(=O)c(CNC[C@H]6C[C@H]6CO)cnc5c4)c3Cl)c2Cl)ccc1CN(C[C@@H]1CCC(=O)N1)C(=O)O. The number of aliphatic hydroxyl groups is 1. The summed E-state index contributed by atoms with van der Waals surface area (Å²) >= 11 is 14.2. The number of hydrogen-bond acceptors (Lipinski definition) is 8. The first-order valence-corrected chi connectivity index (χ1v) is 18.1. The highest BCUT2D eigenvalue weighted by molar-refractivity contribution is 6.39. The van der Waals surface area contributed by atoms with E-state index in [9.17, 15) is 24.6 Å². The molecule has 0 spiro atoms. The number of fused-ring (bicyclic) bond motifs is 1. The van der Waals surface area contributed by atoms with E-state index >= 15 is 0 Å². The zero-order valence-electron chi connectivity index (χ0n) is 28.9. The van der Waals surface area contributed by atoms with Crippen molar-refractivity contribution in [3.05, 3.63) is 105 Å². The van der Waals surface area contributed by atoms with Crippen LogP contribution in [0.25, 0.3) is 39.2 Å². The molecule has 1 saturated carbocycles. The topological polar surface area (TPSA) is 158 Å². The van der Waals surface area contributed by atoms with Crippen LogP contribution in [-0.4, -0.2) is 74.3 Å². The summed E-state index contributed by atoms with van der Waals surface area (Å²) in [6.07, 6.45) is 4.15. The molecule has 7 rings (SSSR count). The van der Waals surface area contributed by atoms with Crippen LogP contribution in [0.1, 0.15) is 30.4 Å². The zero-order valence-corrected chi connectivity index (χ0v) is 30.4. The minimum absolute atomic E-state index is 0.0263. The van der Waals surface area contributed by atoms with Crippen LogP contribution in [0.2, 0.25) is 10.0 Å². The van der Waals surface area contributed by atoms with E-state index in [0.717, 1.165) is 24.1 Å². The third kappa shape index (κ3) is 7.72. The van der Waals surface area contributed by atoms with Gasteiger partial charge in [0, 0.05) is 77.9 Å². The van der Waals surface area contributed by atoms with E-state index in [4.69, 9.17) is 32.9 Å². The van der Waals surface area contributed by atoms with Gasteiger partial charge in [-0.05, 0) is 61.1 Å². The van der Waals surface area contributed by atoms with Crippen LogP contribution in [0.4, 0.5) is 4.79 Å². The molecule has 4 heterocycles. The first-order chi connectivity index (χ1) is 25.6. The Labute approximate surface area is 315 Å². The molecular formula is C39H38Cl2N6O6. The maximum absolute atomic E-state index is 13.2. The number of rotatable bonds is 13. The standard InChI is InChI=1S/C39H38Cl2N6O6/c1-53-37-23(19-46(39(51)52)20-27-9-11-34(49)44-27)8-10-32(45-37)31-7-3-6-30(36(31)41)29-5-2-4-28(35(29)40)22-12-13-47-33(15-22)43-18-26(38(47)50)17-42-16-24-14-25(24)21-48/h2-8,10,12-13,15,18,24-25,27,42,48H,9,11,14,16-17,19-21H2,1H3,(H,44,49)(H,51,52)/t24-,25+,27+/m1/s1. The molecule has 1 aliphatic carbocycles. The van der Waals surface area contributed by atoms with Gasteiger partial charge >= 0.3 is 6.09 Å². The number of carbonyl (C=O) groups is 2. The summed E-state index contributed by atoms with van der Waals surface area (Å²) in [7, 11) is 1.47. The largest absolute Gasteiger partial charge is 0.481 e. The summed E-state index contributed by atoms with van der Waals surface area (Å²) < 4.78 is 7.11. The molecule has 2 fully saturated rings. The van der Waals surface area contributed by atoms with E-state index in [1.807, 2.05) is 48.5 Å². The number of carboxylic acid groups (broad SMARTS) is 1. The third-order valence-electron chi connectivity index (χ3n) is 9.97. The van der Waals surface area contributed by atoms with Gasteiger partial charge < -0.3 is 30.5 Å². The number of nitrogens with one attached hydrogen (secondary N) is 2. The summed E-state index contributed by atoms with van der Waals surface area (Å²) in [4.78, 5) is 47.5. The van der Waals surface area contributed by atoms with Gasteiger partial charge in [-0.2, -0.15) is 0 Å². The number of aliphatic hydroxyl groups excluding tert-OH is 1. The molecule has 0 radical (unpaired) electrons. The Balaban J connectivity index is 1.13. The zero-order chi connectivity index (χ0) is 37.2. The summed E-state index contributed by atoms with van der Waals surface area (Å²) in [5, 5.41) is 26.1. The monoisotopic (exact) mass is 756 g/mol. The van der Waals surface area contributed by atoms with Gasteiger partial charge in [0.25, 0.3) is 5.56 Å². The molecule has 2 amide bonds. The minimum Gasteiger partial charge on any atom is -0.481 e. The molecule has 274 valence electrons. The van der Waals surface area contributed by atoms with Crippen LogP contribution >= 0.6 is 23.2 Å². The van der Waals surface area contributed by atoms with Crippen LogP contribution in [0, 0.1) is 11.8 Å². The van der Waals surface area contributed by atoms with Gasteiger partial charge in [-0.15, -0.1) is 0 Å². The van der Waals surface area contributed by atoms with Gasteiger partial charge in [-0.25, -0.2) is 14.8 Å². The highest BCUT2D eigenvalue weighted by atomic mass is 35.5. The maximum Gasteiger partial charge on any atom is 0.407 e. The average molecular weight is 758 g/mol. The van der Waals surface area contributed by atoms with Crippen LogP contribution in [-0.2, 0) is 17.9 Å². The second-order valence-corrected chi connectivity index (χ2v) is 14.2. The Morgan fingerprint density at radius 3 is 2.43 bits per heavy atom. The van der Waals surface area contributed by atoms with E-state index in [-0.39, 0.29) is 43.1 Å². The second kappa shape index (κ2) is 15.5. The molecule has 2 aliphatic rings. The number of halogens is 2. The van der Waals surface area contributed by atoms with Crippen LogP contribution in [0.3, 0.4) is 0 Å². The Morgan fingerprint density at radius 1 is 1.02 bits per heavy atom. The fourth-order valence-electron chi connectivity index (χ4n) is 6.89. The van der Waals surface area contributed by atoms with Crippen molar-refractivity contribution in [2.75, 3.05) is 26.8 Å².